The highest BCUT2D eigenvalue weighted by Crippen LogP contribution is 2.32. The Hall–Kier alpha value is -0.280. The number of nitrogens with zero attached hydrogens (tertiary/aromatic N) is 1. The molecule has 0 aromatic carbocycles. The second-order valence-electron chi connectivity index (χ2n) is 5.04. The van der Waals surface area contributed by atoms with E-state index < -0.39 is 5.97 Å². The molecule has 0 saturated carbocycles. The number of carboxylic acid groups (broad SMARTS) is 1. The Labute approximate surface area is 105 Å². The number of carboxylic acids is 1. The summed E-state index contributed by atoms with van der Waals surface area (Å²) in [4.78, 5) is 12.8. The minimum atomic E-state index is -0.671. The Bertz CT molecular complexity index is 223. The van der Waals surface area contributed by atoms with Gasteiger partial charge in [0, 0.05) is 13.0 Å². The van der Waals surface area contributed by atoms with Gasteiger partial charge in [0.1, 0.15) is 0 Å². The van der Waals surface area contributed by atoms with Crippen LogP contribution in [-0.2, 0) is 4.79 Å². The highest BCUT2D eigenvalue weighted by atomic mass is 35.5. The molecule has 0 bridgehead atoms. The number of hydrogen-bond acceptors (Lipinski definition) is 2. The van der Waals surface area contributed by atoms with Crippen molar-refractivity contribution in [3.63, 3.8) is 0 Å². The number of likely N-dealkylation sites (tertiary alicyclic amines) is 1. The molecule has 1 N–H and O–H groups in total. The van der Waals surface area contributed by atoms with E-state index in [9.17, 15) is 4.79 Å². The molecule has 0 radical (unpaired) electrons. The third-order valence-electron chi connectivity index (χ3n) is 3.61. The smallest absolute Gasteiger partial charge is 0.303 e. The van der Waals surface area contributed by atoms with Gasteiger partial charge in [-0.25, -0.2) is 0 Å². The average Bonchev–Trinajstić information content (AvgIpc) is 2.56. The minimum Gasteiger partial charge on any atom is -0.481 e. The predicted molar refractivity (Wildman–Crippen MR) is 68.2 cm³/mol. The summed E-state index contributed by atoms with van der Waals surface area (Å²) in [7, 11) is 0. The van der Waals surface area contributed by atoms with Crippen LogP contribution >= 0.6 is 12.4 Å². The zero-order valence-electron chi connectivity index (χ0n) is 10.4. The van der Waals surface area contributed by atoms with Crippen LogP contribution in [0.1, 0.15) is 46.0 Å². The molecular weight excluding hydrogens is 226 g/mol. The van der Waals surface area contributed by atoms with Crippen LogP contribution in [0.4, 0.5) is 0 Å². The van der Waals surface area contributed by atoms with Gasteiger partial charge in [0.2, 0.25) is 0 Å². The normalized spacial score (nSPS) is 25.4. The van der Waals surface area contributed by atoms with Crippen molar-refractivity contribution in [2.24, 2.45) is 5.41 Å². The summed E-state index contributed by atoms with van der Waals surface area (Å²) in [6.45, 7) is 8.06. The monoisotopic (exact) mass is 249 g/mol. The van der Waals surface area contributed by atoms with Crippen LogP contribution in [0.25, 0.3) is 0 Å². The fourth-order valence-corrected chi connectivity index (χ4v) is 2.22. The lowest BCUT2D eigenvalue weighted by molar-refractivity contribution is -0.137. The molecule has 1 unspecified atom stereocenters. The number of hydrogen-bond donors (Lipinski definition) is 1. The average molecular weight is 250 g/mol. The van der Waals surface area contributed by atoms with Crippen molar-refractivity contribution in [2.45, 2.75) is 46.0 Å². The van der Waals surface area contributed by atoms with Crippen molar-refractivity contribution in [2.75, 3.05) is 19.6 Å². The van der Waals surface area contributed by atoms with E-state index in [0.717, 1.165) is 19.4 Å². The molecule has 1 aliphatic heterocycles. The molecule has 1 atom stereocenters. The van der Waals surface area contributed by atoms with Gasteiger partial charge < -0.3 is 10.0 Å². The number of unbranched alkanes of at least 4 members (excludes halogenated alkanes) is 1. The van der Waals surface area contributed by atoms with Gasteiger partial charge in [-0.2, -0.15) is 0 Å². The lowest BCUT2D eigenvalue weighted by atomic mass is 9.87. The van der Waals surface area contributed by atoms with Gasteiger partial charge in [0.15, 0.2) is 0 Å². The van der Waals surface area contributed by atoms with Crippen molar-refractivity contribution in [3.8, 4) is 0 Å². The Morgan fingerprint density at radius 2 is 2.12 bits per heavy atom. The number of rotatable bonds is 6. The first-order chi connectivity index (χ1) is 7.06. The van der Waals surface area contributed by atoms with E-state index in [1.165, 1.54) is 25.9 Å². The van der Waals surface area contributed by atoms with Crippen LogP contribution < -0.4 is 0 Å². The van der Waals surface area contributed by atoms with Gasteiger partial charge in [0.25, 0.3) is 0 Å². The molecule has 1 rings (SSSR count). The summed E-state index contributed by atoms with van der Waals surface area (Å²) in [6.07, 6.45) is 4.70. The molecule has 1 aliphatic rings. The second kappa shape index (κ2) is 7.13. The van der Waals surface area contributed by atoms with Crippen molar-refractivity contribution in [1.29, 1.82) is 0 Å². The largest absolute Gasteiger partial charge is 0.481 e. The lowest BCUT2D eigenvalue weighted by Gasteiger charge is -2.22. The summed E-state index contributed by atoms with van der Waals surface area (Å²) < 4.78 is 0. The molecule has 1 fully saturated rings. The molecular formula is C12H24ClNO2. The Balaban J connectivity index is 0.00000225. The summed E-state index contributed by atoms with van der Waals surface area (Å²) >= 11 is 0. The molecule has 3 nitrogen and oxygen atoms in total. The quantitative estimate of drug-likeness (QED) is 0.736. The maximum Gasteiger partial charge on any atom is 0.303 e. The summed E-state index contributed by atoms with van der Waals surface area (Å²) in [5, 5.41) is 8.51. The maximum absolute atomic E-state index is 10.3. The molecule has 1 heterocycles. The van der Waals surface area contributed by atoms with Crippen molar-refractivity contribution in [3.05, 3.63) is 0 Å². The molecule has 4 heteroatoms. The molecule has 0 amide bonds. The van der Waals surface area contributed by atoms with Crippen LogP contribution in [0.2, 0.25) is 0 Å². The standard InChI is InChI=1S/C12H23NO2.ClH/c1-3-12(2)7-9-13(10-12)8-5-4-6-11(14)15;/h3-10H2,1-2H3,(H,14,15);1H. The van der Waals surface area contributed by atoms with Gasteiger partial charge in [-0.1, -0.05) is 13.8 Å². The zero-order valence-corrected chi connectivity index (χ0v) is 11.2. The highest BCUT2D eigenvalue weighted by Gasteiger charge is 2.31. The van der Waals surface area contributed by atoms with Crippen LogP contribution in [0.5, 0.6) is 0 Å². The first-order valence-electron chi connectivity index (χ1n) is 6.00. The zero-order chi connectivity index (χ0) is 11.3. The molecule has 0 aliphatic carbocycles. The Morgan fingerprint density at radius 1 is 1.44 bits per heavy atom. The summed E-state index contributed by atoms with van der Waals surface area (Å²) in [5.74, 6) is -0.671. The SMILES string of the molecule is CCC1(C)CCN(CCCCC(=O)O)C1.Cl. The van der Waals surface area contributed by atoms with E-state index in [0.29, 0.717) is 11.8 Å². The molecule has 1 saturated heterocycles. The summed E-state index contributed by atoms with van der Waals surface area (Å²) in [5.41, 5.74) is 0.507. The molecule has 96 valence electrons. The van der Waals surface area contributed by atoms with E-state index >= 15 is 0 Å². The topological polar surface area (TPSA) is 40.5 Å². The van der Waals surface area contributed by atoms with E-state index in [4.69, 9.17) is 5.11 Å². The molecule has 16 heavy (non-hydrogen) atoms. The van der Waals surface area contributed by atoms with Crippen LogP contribution in [0.3, 0.4) is 0 Å². The Kier molecular flexibility index (Phi) is 7.00. The molecule has 0 spiro atoms. The number of carbonyl (C=O) groups is 1. The van der Waals surface area contributed by atoms with Crippen molar-refractivity contribution < 1.29 is 9.90 Å². The maximum atomic E-state index is 10.3. The van der Waals surface area contributed by atoms with Crippen LogP contribution in [-0.4, -0.2) is 35.6 Å². The van der Waals surface area contributed by atoms with E-state index in [1.807, 2.05) is 0 Å². The van der Waals surface area contributed by atoms with E-state index in [2.05, 4.69) is 18.7 Å². The highest BCUT2D eigenvalue weighted by molar-refractivity contribution is 5.85. The van der Waals surface area contributed by atoms with Crippen molar-refractivity contribution in [1.82, 2.24) is 4.90 Å². The van der Waals surface area contributed by atoms with Gasteiger partial charge in [-0.3, -0.25) is 4.79 Å². The van der Waals surface area contributed by atoms with Crippen LogP contribution in [0.15, 0.2) is 0 Å². The first-order valence-corrected chi connectivity index (χ1v) is 6.00. The van der Waals surface area contributed by atoms with Crippen molar-refractivity contribution >= 4 is 18.4 Å². The van der Waals surface area contributed by atoms with Crippen LogP contribution in [0, 0.1) is 5.41 Å². The van der Waals surface area contributed by atoms with Gasteiger partial charge in [0.05, 0.1) is 0 Å². The minimum absolute atomic E-state index is 0. The summed E-state index contributed by atoms with van der Waals surface area (Å²) in [6, 6.07) is 0. The number of halogens is 1. The molecule has 0 aromatic heterocycles. The third kappa shape index (κ3) is 5.17. The second-order valence-corrected chi connectivity index (χ2v) is 5.04. The van der Waals surface area contributed by atoms with Gasteiger partial charge in [-0.05, 0) is 44.2 Å². The molecule has 0 aromatic rings. The number of aliphatic carboxylic acids is 1. The van der Waals surface area contributed by atoms with E-state index in [1.54, 1.807) is 0 Å². The fourth-order valence-electron chi connectivity index (χ4n) is 2.22. The predicted octanol–water partition coefficient (Wildman–Crippen LogP) is 2.79. The lowest BCUT2D eigenvalue weighted by Crippen LogP contribution is -2.25. The third-order valence-corrected chi connectivity index (χ3v) is 3.61. The van der Waals surface area contributed by atoms with Gasteiger partial charge >= 0.3 is 5.97 Å². The van der Waals surface area contributed by atoms with Gasteiger partial charge in [-0.15, -0.1) is 12.4 Å². The van der Waals surface area contributed by atoms with E-state index in [-0.39, 0.29) is 12.4 Å². The fraction of sp³-hybridized carbons (Fsp3) is 0.917. The Morgan fingerprint density at radius 3 is 2.62 bits per heavy atom. The first kappa shape index (κ1) is 15.7.